The van der Waals surface area contributed by atoms with Gasteiger partial charge in [0.15, 0.2) is 5.69 Å². The molecule has 1 aliphatic heterocycles. The van der Waals surface area contributed by atoms with E-state index in [-0.39, 0.29) is 11.8 Å². The topological polar surface area (TPSA) is 84.2 Å². The Kier molecular flexibility index (Phi) is 4.74. The third-order valence-electron chi connectivity index (χ3n) is 5.77. The fourth-order valence-electron chi connectivity index (χ4n) is 4.23. The van der Waals surface area contributed by atoms with Crippen LogP contribution in [-0.2, 0) is 12.8 Å². The van der Waals surface area contributed by atoms with Crippen molar-refractivity contribution in [3.8, 4) is 5.69 Å². The summed E-state index contributed by atoms with van der Waals surface area (Å²) in [5.41, 5.74) is 4.08. The van der Waals surface area contributed by atoms with Crippen molar-refractivity contribution in [3.63, 3.8) is 0 Å². The first-order chi connectivity index (χ1) is 14.7. The summed E-state index contributed by atoms with van der Waals surface area (Å²) in [5.74, 6) is -0.195. The molecular formula is C22H22N6O2. The monoisotopic (exact) mass is 402 g/mol. The van der Waals surface area contributed by atoms with Gasteiger partial charge in [0.1, 0.15) is 5.69 Å². The third kappa shape index (κ3) is 3.24. The van der Waals surface area contributed by atoms with Crippen LogP contribution in [0.4, 0.5) is 0 Å². The molecule has 1 saturated heterocycles. The summed E-state index contributed by atoms with van der Waals surface area (Å²) in [6.45, 7) is 1.92. The number of aromatic nitrogens is 4. The van der Waals surface area contributed by atoms with Crippen LogP contribution in [0.2, 0.25) is 0 Å². The van der Waals surface area contributed by atoms with Crippen molar-refractivity contribution >= 4 is 11.8 Å². The lowest BCUT2D eigenvalue weighted by Gasteiger charge is -2.34. The fraction of sp³-hybridized carbons (Fsp3) is 0.318. The van der Waals surface area contributed by atoms with Crippen molar-refractivity contribution in [1.82, 2.24) is 29.5 Å². The molecule has 2 amide bonds. The van der Waals surface area contributed by atoms with Gasteiger partial charge in [-0.15, -0.1) is 0 Å². The van der Waals surface area contributed by atoms with Crippen LogP contribution in [0.15, 0.2) is 48.9 Å². The summed E-state index contributed by atoms with van der Waals surface area (Å²) in [5, 5.41) is 4.71. The van der Waals surface area contributed by atoms with Gasteiger partial charge in [0.25, 0.3) is 11.8 Å². The quantitative estimate of drug-likeness (QED) is 0.666. The summed E-state index contributed by atoms with van der Waals surface area (Å²) >= 11 is 0. The van der Waals surface area contributed by atoms with Gasteiger partial charge in [-0.25, -0.2) is 9.67 Å². The number of benzene rings is 1. The van der Waals surface area contributed by atoms with E-state index < -0.39 is 0 Å². The van der Waals surface area contributed by atoms with Gasteiger partial charge in [0.05, 0.1) is 11.9 Å². The van der Waals surface area contributed by atoms with Gasteiger partial charge in [0, 0.05) is 49.8 Å². The standard InChI is InChI=1S/C22H22N6O2/c29-21(18-15-23-9-10-24-18)26-11-13-27(14-12-26)22(30)20-17-7-4-8-19(17)28(25-20)16-5-2-1-3-6-16/h1-3,5-6,9-10,15H,4,7-8,11-14H2. The van der Waals surface area contributed by atoms with Crippen LogP contribution in [0.25, 0.3) is 5.69 Å². The van der Waals surface area contributed by atoms with Crippen molar-refractivity contribution in [2.75, 3.05) is 26.2 Å². The van der Waals surface area contributed by atoms with Crippen LogP contribution in [0.5, 0.6) is 0 Å². The number of carbonyl (C=O) groups excluding carboxylic acids is 2. The molecule has 0 spiro atoms. The maximum Gasteiger partial charge on any atom is 0.274 e. The molecule has 1 aliphatic carbocycles. The predicted molar refractivity (Wildman–Crippen MR) is 109 cm³/mol. The van der Waals surface area contributed by atoms with E-state index in [1.807, 2.05) is 35.0 Å². The highest BCUT2D eigenvalue weighted by Crippen LogP contribution is 2.28. The number of carbonyl (C=O) groups is 2. The minimum atomic E-state index is -0.149. The first-order valence-electron chi connectivity index (χ1n) is 10.2. The highest BCUT2D eigenvalue weighted by atomic mass is 16.2. The van der Waals surface area contributed by atoms with Gasteiger partial charge in [0.2, 0.25) is 0 Å². The first kappa shape index (κ1) is 18.5. The third-order valence-corrected chi connectivity index (χ3v) is 5.77. The molecule has 3 heterocycles. The molecule has 5 rings (SSSR count). The molecule has 0 saturated carbocycles. The molecule has 0 N–H and O–H groups in total. The van der Waals surface area contributed by atoms with E-state index in [0.29, 0.717) is 37.6 Å². The minimum Gasteiger partial charge on any atom is -0.334 e. The average molecular weight is 402 g/mol. The fourth-order valence-corrected chi connectivity index (χ4v) is 4.23. The maximum atomic E-state index is 13.3. The second-order valence-electron chi connectivity index (χ2n) is 7.55. The molecule has 3 aromatic rings. The number of piperazine rings is 1. The van der Waals surface area contributed by atoms with Crippen LogP contribution in [0, 0.1) is 0 Å². The van der Waals surface area contributed by atoms with E-state index in [9.17, 15) is 9.59 Å². The Hall–Kier alpha value is -3.55. The average Bonchev–Trinajstić information content (AvgIpc) is 3.42. The van der Waals surface area contributed by atoms with Crippen LogP contribution in [0.1, 0.15) is 38.7 Å². The molecule has 1 fully saturated rings. The van der Waals surface area contributed by atoms with Crippen LogP contribution >= 0.6 is 0 Å². The number of para-hydroxylation sites is 1. The number of hydrogen-bond acceptors (Lipinski definition) is 5. The Morgan fingerprint density at radius 1 is 0.867 bits per heavy atom. The van der Waals surface area contributed by atoms with E-state index in [1.54, 1.807) is 16.0 Å². The molecular weight excluding hydrogens is 380 g/mol. The molecule has 2 aromatic heterocycles. The predicted octanol–water partition coefficient (Wildman–Crippen LogP) is 1.75. The zero-order valence-corrected chi connectivity index (χ0v) is 16.6. The Morgan fingerprint density at radius 2 is 1.60 bits per heavy atom. The lowest BCUT2D eigenvalue weighted by Crippen LogP contribution is -2.51. The van der Waals surface area contributed by atoms with E-state index in [4.69, 9.17) is 5.10 Å². The first-order valence-corrected chi connectivity index (χ1v) is 10.2. The molecule has 8 nitrogen and oxygen atoms in total. The van der Waals surface area contributed by atoms with Gasteiger partial charge in [-0.3, -0.25) is 14.6 Å². The normalized spacial score (nSPS) is 15.9. The molecule has 8 heteroatoms. The lowest BCUT2D eigenvalue weighted by atomic mass is 10.1. The number of amides is 2. The Bertz CT molecular complexity index is 1070. The van der Waals surface area contributed by atoms with Crippen molar-refractivity contribution in [3.05, 3.63) is 71.6 Å². The smallest absolute Gasteiger partial charge is 0.274 e. The Balaban J connectivity index is 1.33. The van der Waals surface area contributed by atoms with Gasteiger partial charge in [-0.05, 0) is 31.4 Å². The van der Waals surface area contributed by atoms with Crippen LogP contribution in [0.3, 0.4) is 0 Å². The van der Waals surface area contributed by atoms with E-state index in [1.165, 1.54) is 12.4 Å². The summed E-state index contributed by atoms with van der Waals surface area (Å²) in [6.07, 6.45) is 7.39. The number of fused-ring (bicyclic) bond motifs is 1. The maximum absolute atomic E-state index is 13.3. The molecule has 152 valence electrons. The second kappa shape index (κ2) is 7.70. The van der Waals surface area contributed by atoms with Gasteiger partial charge in [-0.2, -0.15) is 5.10 Å². The SMILES string of the molecule is O=C(c1cnccn1)N1CCN(C(=O)c2nn(-c3ccccc3)c3c2CCC3)CC1. The largest absolute Gasteiger partial charge is 0.334 e. The summed E-state index contributed by atoms with van der Waals surface area (Å²) in [7, 11) is 0. The molecule has 0 atom stereocenters. The van der Waals surface area contributed by atoms with Crippen molar-refractivity contribution in [1.29, 1.82) is 0 Å². The number of rotatable bonds is 3. The Labute approximate surface area is 174 Å². The van der Waals surface area contributed by atoms with E-state index in [2.05, 4.69) is 9.97 Å². The molecule has 30 heavy (non-hydrogen) atoms. The van der Waals surface area contributed by atoms with Crippen molar-refractivity contribution in [2.45, 2.75) is 19.3 Å². The van der Waals surface area contributed by atoms with Gasteiger partial charge < -0.3 is 9.80 Å². The van der Waals surface area contributed by atoms with Gasteiger partial charge in [-0.1, -0.05) is 18.2 Å². The van der Waals surface area contributed by atoms with Crippen molar-refractivity contribution < 1.29 is 9.59 Å². The second-order valence-corrected chi connectivity index (χ2v) is 7.55. The number of hydrogen-bond donors (Lipinski definition) is 0. The highest BCUT2D eigenvalue weighted by Gasteiger charge is 2.32. The highest BCUT2D eigenvalue weighted by molar-refractivity contribution is 5.95. The Morgan fingerprint density at radius 3 is 2.30 bits per heavy atom. The summed E-state index contributed by atoms with van der Waals surface area (Å²) in [4.78, 5) is 37.4. The molecule has 0 unspecified atom stereocenters. The molecule has 2 aliphatic rings. The van der Waals surface area contributed by atoms with E-state index >= 15 is 0 Å². The van der Waals surface area contributed by atoms with E-state index in [0.717, 1.165) is 36.2 Å². The number of nitrogens with zero attached hydrogens (tertiary/aromatic N) is 6. The lowest BCUT2D eigenvalue weighted by molar-refractivity contribution is 0.0528. The molecule has 0 bridgehead atoms. The van der Waals surface area contributed by atoms with Crippen LogP contribution in [-0.4, -0.2) is 67.5 Å². The molecule has 0 radical (unpaired) electrons. The van der Waals surface area contributed by atoms with Gasteiger partial charge >= 0.3 is 0 Å². The van der Waals surface area contributed by atoms with Crippen LogP contribution < -0.4 is 0 Å². The zero-order valence-electron chi connectivity index (χ0n) is 16.6. The zero-order chi connectivity index (χ0) is 20.5. The summed E-state index contributed by atoms with van der Waals surface area (Å²) in [6, 6.07) is 9.95. The molecule has 1 aromatic carbocycles. The summed E-state index contributed by atoms with van der Waals surface area (Å²) < 4.78 is 1.92. The van der Waals surface area contributed by atoms with Crippen molar-refractivity contribution in [2.24, 2.45) is 0 Å². The minimum absolute atomic E-state index is 0.0468.